The van der Waals surface area contributed by atoms with Gasteiger partial charge in [0.2, 0.25) is 11.8 Å². The number of hydrogen-bond donors (Lipinski definition) is 2. The van der Waals surface area contributed by atoms with Crippen molar-refractivity contribution in [1.29, 1.82) is 0 Å². The van der Waals surface area contributed by atoms with E-state index in [1.54, 1.807) is 0 Å². The second kappa shape index (κ2) is 7.09. The lowest BCUT2D eigenvalue weighted by Gasteiger charge is -2.25. The van der Waals surface area contributed by atoms with Gasteiger partial charge in [-0.2, -0.15) is 0 Å². The number of anilines is 1. The van der Waals surface area contributed by atoms with Crippen molar-refractivity contribution in [3.8, 4) is 0 Å². The first kappa shape index (κ1) is 15.3. The van der Waals surface area contributed by atoms with E-state index in [4.69, 9.17) is 0 Å². The normalized spacial score (nSPS) is 16.3. The fourth-order valence-electron chi connectivity index (χ4n) is 2.95. The molecule has 1 atom stereocenters. The molecule has 0 bridgehead atoms. The number of fused-ring (bicyclic) bond motifs is 1. The number of benzene rings is 2. The van der Waals surface area contributed by atoms with Gasteiger partial charge in [-0.25, -0.2) is 0 Å². The van der Waals surface area contributed by atoms with Crippen LogP contribution in [0.1, 0.15) is 36.3 Å². The number of carbonyl (C=O) groups is 2. The summed E-state index contributed by atoms with van der Waals surface area (Å²) in [5, 5.41) is 5.82. The van der Waals surface area contributed by atoms with E-state index in [1.165, 1.54) is 0 Å². The summed E-state index contributed by atoms with van der Waals surface area (Å²) in [5.41, 5.74) is 3.09. The fourth-order valence-corrected chi connectivity index (χ4v) is 2.95. The van der Waals surface area contributed by atoms with Crippen LogP contribution in [0.3, 0.4) is 0 Å². The molecule has 2 amide bonds. The lowest BCUT2D eigenvalue weighted by Crippen LogP contribution is -2.26. The molecular formula is C19H20N2O2. The molecule has 1 heterocycles. The molecule has 2 aromatic carbocycles. The first-order valence-corrected chi connectivity index (χ1v) is 7.92. The smallest absolute Gasteiger partial charge is 0.224 e. The highest BCUT2D eigenvalue weighted by Crippen LogP contribution is 2.34. The number of hydrogen-bond acceptors (Lipinski definition) is 2. The van der Waals surface area contributed by atoms with E-state index >= 15 is 0 Å². The Labute approximate surface area is 135 Å². The Kier molecular flexibility index (Phi) is 4.71. The van der Waals surface area contributed by atoms with Gasteiger partial charge in [0.05, 0.1) is 0 Å². The van der Waals surface area contributed by atoms with Crippen LogP contribution in [-0.4, -0.2) is 11.8 Å². The average Bonchev–Trinajstić information content (AvgIpc) is 2.58. The predicted octanol–water partition coefficient (Wildman–Crippen LogP) is 3.21. The highest BCUT2D eigenvalue weighted by Gasteiger charge is 2.24. The molecule has 2 aromatic rings. The maximum absolute atomic E-state index is 12.0. The monoisotopic (exact) mass is 308 g/mol. The number of para-hydroxylation sites is 1. The van der Waals surface area contributed by atoms with E-state index in [0.717, 1.165) is 16.8 Å². The first-order valence-electron chi connectivity index (χ1n) is 7.92. The molecule has 4 nitrogen and oxygen atoms in total. The molecule has 0 radical (unpaired) electrons. The van der Waals surface area contributed by atoms with Crippen LogP contribution in [0.5, 0.6) is 0 Å². The van der Waals surface area contributed by atoms with Crippen LogP contribution in [0, 0.1) is 0 Å². The molecule has 0 aliphatic carbocycles. The van der Waals surface area contributed by atoms with E-state index in [1.807, 2.05) is 54.6 Å². The SMILES string of the molecule is O=C(CCC1CC(=O)Nc2ccccc21)NCc1ccccc1. The van der Waals surface area contributed by atoms with Gasteiger partial charge in [-0.05, 0) is 29.5 Å². The molecule has 0 spiro atoms. The molecule has 1 aliphatic heterocycles. The summed E-state index contributed by atoms with van der Waals surface area (Å²) in [7, 11) is 0. The van der Waals surface area contributed by atoms with Crippen molar-refractivity contribution in [2.45, 2.75) is 31.7 Å². The second-order valence-corrected chi connectivity index (χ2v) is 5.84. The van der Waals surface area contributed by atoms with Crippen LogP contribution in [0.25, 0.3) is 0 Å². The molecule has 1 aliphatic rings. The van der Waals surface area contributed by atoms with Crippen molar-refractivity contribution in [3.63, 3.8) is 0 Å². The molecule has 2 N–H and O–H groups in total. The Morgan fingerprint density at radius 2 is 1.83 bits per heavy atom. The molecule has 0 saturated carbocycles. The van der Waals surface area contributed by atoms with Crippen LogP contribution >= 0.6 is 0 Å². The molecular weight excluding hydrogens is 288 g/mol. The van der Waals surface area contributed by atoms with Crippen molar-refractivity contribution >= 4 is 17.5 Å². The van der Waals surface area contributed by atoms with E-state index in [9.17, 15) is 9.59 Å². The number of nitrogens with one attached hydrogen (secondary N) is 2. The number of carbonyl (C=O) groups excluding carboxylic acids is 2. The molecule has 1 unspecified atom stereocenters. The van der Waals surface area contributed by atoms with E-state index < -0.39 is 0 Å². The van der Waals surface area contributed by atoms with Gasteiger partial charge < -0.3 is 10.6 Å². The second-order valence-electron chi connectivity index (χ2n) is 5.84. The van der Waals surface area contributed by atoms with Crippen LogP contribution in [0.15, 0.2) is 54.6 Å². The Hall–Kier alpha value is -2.62. The minimum Gasteiger partial charge on any atom is -0.352 e. The molecule has 4 heteroatoms. The quantitative estimate of drug-likeness (QED) is 0.891. The third-order valence-electron chi connectivity index (χ3n) is 4.16. The highest BCUT2D eigenvalue weighted by atomic mass is 16.2. The van der Waals surface area contributed by atoms with E-state index in [-0.39, 0.29) is 17.7 Å². The first-order chi connectivity index (χ1) is 11.2. The largest absolute Gasteiger partial charge is 0.352 e. The Balaban J connectivity index is 1.54. The van der Waals surface area contributed by atoms with Crippen molar-refractivity contribution < 1.29 is 9.59 Å². The van der Waals surface area contributed by atoms with Crippen LogP contribution in [0.4, 0.5) is 5.69 Å². The van der Waals surface area contributed by atoms with Gasteiger partial charge in [-0.3, -0.25) is 9.59 Å². The van der Waals surface area contributed by atoms with Gasteiger partial charge in [0, 0.05) is 25.1 Å². The van der Waals surface area contributed by atoms with Gasteiger partial charge >= 0.3 is 0 Å². The summed E-state index contributed by atoms with van der Waals surface area (Å²) in [5.74, 6) is 0.165. The van der Waals surface area contributed by atoms with Gasteiger partial charge in [0.1, 0.15) is 0 Å². The van der Waals surface area contributed by atoms with Crippen LogP contribution in [-0.2, 0) is 16.1 Å². The summed E-state index contributed by atoms with van der Waals surface area (Å²) < 4.78 is 0. The van der Waals surface area contributed by atoms with Crippen molar-refractivity contribution in [1.82, 2.24) is 5.32 Å². The van der Waals surface area contributed by atoms with Crippen molar-refractivity contribution in [2.75, 3.05) is 5.32 Å². The molecule has 0 saturated heterocycles. The predicted molar refractivity (Wildman–Crippen MR) is 90.0 cm³/mol. The molecule has 23 heavy (non-hydrogen) atoms. The lowest BCUT2D eigenvalue weighted by atomic mass is 9.87. The molecule has 0 fully saturated rings. The fraction of sp³-hybridized carbons (Fsp3) is 0.263. The summed E-state index contributed by atoms with van der Waals surface area (Å²) >= 11 is 0. The summed E-state index contributed by atoms with van der Waals surface area (Å²) in [6.45, 7) is 0.543. The summed E-state index contributed by atoms with van der Waals surface area (Å²) in [6.07, 6.45) is 1.56. The van der Waals surface area contributed by atoms with E-state index in [0.29, 0.717) is 25.8 Å². The van der Waals surface area contributed by atoms with Gasteiger partial charge in [0.15, 0.2) is 0 Å². The minimum atomic E-state index is 0.0253. The van der Waals surface area contributed by atoms with Crippen LogP contribution < -0.4 is 10.6 Å². The Morgan fingerprint density at radius 3 is 2.65 bits per heavy atom. The highest BCUT2D eigenvalue weighted by molar-refractivity contribution is 5.94. The zero-order chi connectivity index (χ0) is 16.1. The Morgan fingerprint density at radius 1 is 1.09 bits per heavy atom. The standard InChI is InChI=1S/C19H20N2O2/c22-18(20-13-14-6-2-1-3-7-14)11-10-15-12-19(23)21-17-9-5-4-8-16(15)17/h1-9,15H,10-13H2,(H,20,22)(H,21,23). The van der Waals surface area contributed by atoms with Crippen molar-refractivity contribution in [2.24, 2.45) is 0 Å². The lowest BCUT2D eigenvalue weighted by molar-refractivity contribution is -0.122. The topological polar surface area (TPSA) is 58.2 Å². The average molecular weight is 308 g/mol. The Bertz CT molecular complexity index is 698. The molecule has 0 aromatic heterocycles. The number of amides is 2. The third kappa shape index (κ3) is 3.97. The maximum Gasteiger partial charge on any atom is 0.224 e. The van der Waals surface area contributed by atoms with Gasteiger partial charge in [0.25, 0.3) is 0 Å². The third-order valence-corrected chi connectivity index (χ3v) is 4.16. The van der Waals surface area contributed by atoms with Gasteiger partial charge in [-0.15, -0.1) is 0 Å². The summed E-state index contributed by atoms with van der Waals surface area (Å²) in [4.78, 5) is 23.8. The molecule has 3 rings (SSSR count). The minimum absolute atomic E-state index is 0.0253. The zero-order valence-corrected chi connectivity index (χ0v) is 12.9. The maximum atomic E-state index is 12.0. The summed E-state index contributed by atoms with van der Waals surface area (Å²) in [6, 6.07) is 17.7. The zero-order valence-electron chi connectivity index (χ0n) is 12.9. The van der Waals surface area contributed by atoms with E-state index in [2.05, 4.69) is 10.6 Å². The molecule has 118 valence electrons. The number of rotatable bonds is 5. The van der Waals surface area contributed by atoms with Crippen molar-refractivity contribution in [3.05, 3.63) is 65.7 Å². The van der Waals surface area contributed by atoms with Gasteiger partial charge in [-0.1, -0.05) is 48.5 Å². The van der Waals surface area contributed by atoms with Crippen LogP contribution in [0.2, 0.25) is 0 Å².